The van der Waals surface area contributed by atoms with E-state index >= 15 is 0 Å². The third kappa shape index (κ3) is 15.2. The first-order valence-electron chi connectivity index (χ1n) is 8.19. The molecule has 1 heterocycles. The first-order chi connectivity index (χ1) is 11.5. The Morgan fingerprint density at radius 2 is 1.58 bits per heavy atom. The van der Waals surface area contributed by atoms with E-state index in [0.29, 0.717) is 13.2 Å². The van der Waals surface area contributed by atoms with Gasteiger partial charge in [-0.25, -0.2) is 4.79 Å². The van der Waals surface area contributed by atoms with Crippen molar-refractivity contribution in [1.82, 2.24) is 0 Å². The summed E-state index contributed by atoms with van der Waals surface area (Å²) in [6.45, 7) is 10.3. The Hall–Kier alpha value is -0.340. The molecule has 1 aliphatic heterocycles. The molecule has 1 fully saturated rings. The van der Waals surface area contributed by atoms with Gasteiger partial charge in [-0.1, -0.05) is 59.6 Å². The Balaban J connectivity index is -0.000000413. The smallest absolute Gasteiger partial charge is 0.465 e. The Bertz CT molecular complexity index is 288. The van der Waals surface area contributed by atoms with Crippen LogP contribution in [0.15, 0.2) is 0 Å². The number of ether oxygens (including phenoxy) is 3. The Kier molecular flexibility index (Phi) is 24.6. The third-order valence-electron chi connectivity index (χ3n) is 2.31. The molecule has 0 bridgehead atoms. The number of carbonyl (C=O) groups excluding carboxylic acids is 2. The molecule has 6 nitrogen and oxygen atoms in total. The average Bonchev–Trinajstić information content (AvgIpc) is 2.62. The number of esters is 1. The third-order valence-corrected chi connectivity index (χ3v) is 3.43. The molecule has 1 aliphatic rings. The van der Waals surface area contributed by atoms with Gasteiger partial charge in [-0.15, -0.1) is 0 Å². The summed E-state index contributed by atoms with van der Waals surface area (Å²) in [6, 6.07) is 0. The fraction of sp³-hybridized carbons (Fsp3) is 0.875. The van der Waals surface area contributed by atoms with Gasteiger partial charge in [0, 0.05) is 17.3 Å². The van der Waals surface area contributed by atoms with Crippen molar-refractivity contribution >= 4 is 44.0 Å². The Morgan fingerprint density at radius 3 is 1.92 bits per heavy atom. The summed E-state index contributed by atoms with van der Waals surface area (Å²) in [5, 5.41) is 9.72. The second kappa shape index (κ2) is 20.7. The van der Waals surface area contributed by atoms with E-state index in [2.05, 4.69) is 41.3 Å². The maximum atomic E-state index is 11.6. The van der Waals surface area contributed by atoms with Crippen molar-refractivity contribution < 1.29 is 28.9 Å². The largest absolute Gasteiger partial charge is 0.508 e. The molecule has 146 valence electrons. The molecule has 0 aromatic rings. The molecule has 0 atom stereocenters. The molecule has 24 heavy (non-hydrogen) atoms. The van der Waals surface area contributed by atoms with Gasteiger partial charge in [-0.2, -0.15) is 0 Å². The second-order valence-electron chi connectivity index (χ2n) is 4.33. The maximum absolute atomic E-state index is 11.6. The molecule has 0 unspecified atom stereocenters. The lowest BCUT2D eigenvalue weighted by Crippen LogP contribution is -2.44. The number of halogens is 2. The van der Waals surface area contributed by atoms with E-state index in [4.69, 9.17) is 9.84 Å². The van der Waals surface area contributed by atoms with Crippen LogP contribution in [0.4, 0.5) is 4.79 Å². The van der Waals surface area contributed by atoms with Crippen molar-refractivity contribution in [2.24, 2.45) is 5.41 Å². The minimum Gasteiger partial charge on any atom is -0.465 e. The monoisotopic (exact) mass is 478 g/mol. The van der Waals surface area contributed by atoms with Crippen molar-refractivity contribution in [1.29, 1.82) is 0 Å². The van der Waals surface area contributed by atoms with E-state index in [1.54, 1.807) is 6.92 Å². The normalized spacial score (nSPS) is 14.1. The van der Waals surface area contributed by atoms with E-state index in [-0.39, 0.29) is 13.2 Å². The van der Waals surface area contributed by atoms with Gasteiger partial charge >= 0.3 is 12.1 Å². The van der Waals surface area contributed by atoms with Crippen molar-refractivity contribution in [3.63, 3.8) is 0 Å². The van der Waals surface area contributed by atoms with Gasteiger partial charge in [0.25, 0.3) is 0 Å². The van der Waals surface area contributed by atoms with Gasteiger partial charge in [0.1, 0.15) is 18.6 Å². The molecular formula is C16H32Br2O6. The van der Waals surface area contributed by atoms with Crippen LogP contribution >= 0.6 is 31.9 Å². The van der Waals surface area contributed by atoms with Crippen LogP contribution in [0.3, 0.4) is 0 Å². The average molecular weight is 480 g/mol. The second-order valence-corrected chi connectivity index (χ2v) is 5.92. The Labute approximate surface area is 162 Å². The maximum Gasteiger partial charge on any atom is 0.508 e. The topological polar surface area (TPSA) is 82.1 Å². The molecule has 0 aliphatic carbocycles. The first-order valence-corrected chi connectivity index (χ1v) is 10.4. The van der Waals surface area contributed by atoms with Crippen molar-refractivity contribution in [2.75, 3.05) is 37.1 Å². The molecule has 1 saturated heterocycles. The zero-order valence-electron chi connectivity index (χ0n) is 15.4. The summed E-state index contributed by atoms with van der Waals surface area (Å²) in [4.78, 5) is 22.2. The molecule has 1 rings (SSSR count). The number of hydrogen-bond acceptors (Lipinski definition) is 6. The SMILES string of the molecule is CC.CC.CC1(C(=O)OCCCBr)COC(=O)OC1.OCCCBr. The zero-order chi connectivity index (χ0) is 19.4. The fourth-order valence-corrected chi connectivity index (χ4v) is 1.57. The minimum atomic E-state index is -0.875. The highest BCUT2D eigenvalue weighted by molar-refractivity contribution is 9.09. The van der Waals surface area contributed by atoms with Gasteiger partial charge in [-0.05, 0) is 19.8 Å². The van der Waals surface area contributed by atoms with E-state index < -0.39 is 17.5 Å². The molecule has 0 aromatic heterocycles. The summed E-state index contributed by atoms with van der Waals surface area (Å²) >= 11 is 6.38. The molecule has 0 saturated carbocycles. The van der Waals surface area contributed by atoms with Gasteiger partial charge < -0.3 is 19.3 Å². The first kappa shape index (κ1) is 28.5. The molecule has 0 aromatic carbocycles. The highest BCUT2D eigenvalue weighted by Gasteiger charge is 2.41. The van der Waals surface area contributed by atoms with Crippen molar-refractivity contribution in [2.45, 2.75) is 47.5 Å². The lowest BCUT2D eigenvalue weighted by molar-refractivity contribution is -0.166. The predicted octanol–water partition coefficient (Wildman–Crippen LogP) is 4.30. The van der Waals surface area contributed by atoms with Crippen LogP contribution in [0.1, 0.15) is 47.5 Å². The number of cyclic esters (lactones) is 2. The number of aliphatic hydroxyl groups excluding tert-OH is 1. The zero-order valence-corrected chi connectivity index (χ0v) is 18.6. The van der Waals surface area contributed by atoms with Gasteiger partial charge in [0.2, 0.25) is 0 Å². The molecule has 1 N–H and O–H groups in total. The van der Waals surface area contributed by atoms with E-state index in [0.717, 1.165) is 23.5 Å². The summed E-state index contributed by atoms with van der Waals surface area (Å²) in [5.74, 6) is -0.393. The van der Waals surface area contributed by atoms with E-state index in [1.165, 1.54) is 0 Å². The van der Waals surface area contributed by atoms with Crippen LogP contribution in [0.5, 0.6) is 0 Å². The number of aliphatic hydroxyl groups is 1. The molecule has 8 heteroatoms. The highest BCUT2D eigenvalue weighted by atomic mass is 79.9. The molecule has 0 radical (unpaired) electrons. The van der Waals surface area contributed by atoms with E-state index in [1.807, 2.05) is 27.7 Å². The van der Waals surface area contributed by atoms with Gasteiger partial charge in [-0.3, -0.25) is 4.79 Å². The molecular weight excluding hydrogens is 448 g/mol. The van der Waals surface area contributed by atoms with Crippen LogP contribution < -0.4 is 0 Å². The van der Waals surface area contributed by atoms with Gasteiger partial charge in [0.15, 0.2) is 0 Å². The standard InChI is InChI=1S/C9H13BrO5.C3H7BrO.2C2H6/c1-9(5-14-8(12)15-6-9)7(11)13-4-2-3-10;4-2-1-3-5;2*1-2/h2-6H2,1H3;5H,1-3H2;2*1-2H3. The highest BCUT2D eigenvalue weighted by Crippen LogP contribution is 2.24. The number of alkyl halides is 2. The summed E-state index contributed by atoms with van der Waals surface area (Å²) < 4.78 is 14.3. The lowest BCUT2D eigenvalue weighted by atomic mass is 9.93. The number of hydrogen-bond donors (Lipinski definition) is 1. The lowest BCUT2D eigenvalue weighted by Gasteiger charge is -2.29. The number of rotatable bonds is 6. The van der Waals surface area contributed by atoms with E-state index in [9.17, 15) is 9.59 Å². The summed E-state index contributed by atoms with van der Waals surface area (Å²) in [5.41, 5.74) is -0.875. The Morgan fingerprint density at radius 1 is 1.12 bits per heavy atom. The number of carbonyl (C=O) groups is 2. The summed E-state index contributed by atoms with van der Waals surface area (Å²) in [6.07, 6.45) is 0.878. The van der Waals surface area contributed by atoms with Crippen LogP contribution in [0, 0.1) is 5.41 Å². The van der Waals surface area contributed by atoms with Crippen LogP contribution in [-0.2, 0) is 19.0 Å². The minimum absolute atomic E-state index is 0.0129. The van der Waals surface area contributed by atoms with Crippen LogP contribution in [0.2, 0.25) is 0 Å². The fourth-order valence-electron chi connectivity index (χ4n) is 1.09. The molecule has 0 spiro atoms. The summed E-state index contributed by atoms with van der Waals surface area (Å²) in [7, 11) is 0. The predicted molar refractivity (Wildman–Crippen MR) is 103 cm³/mol. The van der Waals surface area contributed by atoms with Crippen LogP contribution in [0.25, 0.3) is 0 Å². The van der Waals surface area contributed by atoms with Gasteiger partial charge in [0.05, 0.1) is 6.61 Å². The molecule has 0 amide bonds. The quantitative estimate of drug-likeness (QED) is 0.347. The van der Waals surface area contributed by atoms with Crippen molar-refractivity contribution in [3.05, 3.63) is 0 Å². The van der Waals surface area contributed by atoms with Crippen LogP contribution in [-0.4, -0.2) is 54.3 Å². The van der Waals surface area contributed by atoms with Crippen molar-refractivity contribution in [3.8, 4) is 0 Å².